The highest BCUT2D eigenvalue weighted by molar-refractivity contribution is 5.98. The molecule has 6 heteroatoms. The van der Waals surface area contributed by atoms with Gasteiger partial charge in [-0.1, -0.05) is 12.1 Å². The van der Waals surface area contributed by atoms with Crippen LogP contribution in [0.2, 0.25) is 0 Å². The molecule has 0 bridgehead atoms. The third kappa shape index (κ3) is 2.67. The van der Waals surface area contributed by atoms with Gasteiger partial charge in [-0.05, 0) is 30.7 Å². The number of hydrogen-bond donors (Lipinski definition) is 2. The Morgan fingerprint density at radius 2 is 2.13 bits per heavy atom. The largest absolute Gasteiger partial charge is 0.497 e. The highest BCUT2D eigenvalue weighted by Gasteiger charge is 2.40. The van der Waals surface area contributed by atoms with Crippen molar-refractivity contribution in [1.29, 1.82) is 5.41 Å². The molecule has 1 saturated heterocycles. The van der Waals surface area contributed by atoms with Crippen molar-refractivity contribution in [3.05, 3.63) is 42.4 Å². The average molecular weight is 313 g/mol. The van der Waals surface area contributed by atoms with Gasteiger partial charge in [0.1, 0.15) is 17.0 Å². The first-order chi connectivity index (χ1) is 10.9. The van der Waals surface area contributed by atoms with Gasteiger partial charge in [0, 0.05) is 12.6 Å². The van der Waals surface area contributed by atoms with Gasteiger partial charge in [0.15, 0.2) is 5.96 Å². The number of carbonyl (C=O) groups is 1. The Bertz CT molecular complexity index is 748. The number of nitrogens with zero attached hydrogens (tertiary/aromatic N) is 1. The van der Waals surface area contributed by atoms with Crippen LogP contribution in [0, 0.1) is 5.41 Å². The lowest BCUT2D eigenvalue weighted by molar-refractivity contribution is -0.129. The molecule has 1 amide bonds. The summed E-state index contributed by atoms with van der Waals surface area (Å²) in [4.78, 5) is 13.3. The highest BCUT2D eigenvalue weighted by atomic mass is 16.5. The summed E-state index contributed by atoms with van der Waals surface area (Å²) in [6.45, 7) is 1.86. The maximum absolute atomic E-state index is 12.0. The second kappa shape index (κ2) is 5.46. The number of ether oxygens (including phenoxy) is 1. The van der Waals surface area contributed by atoms with E-state index in [4.69, 9.17) is 14.6 Å². The summed E-state index contributed by atoms with van der Waals surface area (Å²) in [5.41, 5.74) is 1.15. The van der Waals surface area contributed by atoms with Crippen LogP contribution < -0.4 is 10.1 Å². The zero-order chi connectivity index (χ0) is 16.6. The van der Waals surface area contributed by atoms with Crippen molar-refractivity contribution >= 4 is 11.9 Å². The zero-order valence-corrected chi connectivity index (χ0v) is 13.3. The predicted molar refractivity (Wildman–Crippen MR) is 86.3 cm³/mol. The number of methoxy groups -OCH3 is 1. The van der Waals surface area contributed by atoms with E-state index in [1.807, 2.05) is 37.3 Å². The van der Waals surface area contributed by atoms with Crippen molar-refractivity contribution in [3.63, 3.8) is 0 Å². The molecule has 2 N–H and O–H groups in total. The summed E-state index contributed by atoms with van der Waals surface area (Å²) in [5, 5.41) is 10.9. The molecule has 23 heavy (non-hydrogen) atoms. The predicted octanol–water partition coefficient (Wildman–Crippen LogP) is 2.56. The van der Waals surface area contributed by atoms with Crippen LogP contribution in [-0.2, 0) is 10.3 Å². The first-order valence-corrected chi connectivity index (χ1v) is 7.30. The maximum Gasteiger partial charge on any atom is 0.231 e. The van der Waals surface area contributed by atoms with Crippen molar-refractivity contribution in [3.8, 4) is 16.9 Å². The molecule has 1 aliphatic heterocycles. The average Bonchev–Trinajstić information content (AvgIpc) is 3.03. The molecule has 1 atom stereocenters. The van der Waals surface area contributed by atoms with E-state index in [1.165, 1.54) is 4.90 Å². The molecular formula is C17H19N3O3. The summed E-state index contributed by atoms with van der Waals surface area (Å²) >= 11 is 0. The minimum absolute atomic E-state index is 0.0723. The third-order valence-electron chi connectivity index (χ3n) is 4.15. The SMILES string of the molecule is COc1cccc(-c2coc([C@]3(C)CC(=O)N(C)C(=N)N3)c2)c1. The lowest BCUT2D eigenvalue weighted by Gasteiger charge is -2.37. The van der Waals surface area contributed by atoms with Gasteiger partial charge >= 0.3 is 0 Å². The van der Waals surface area contributed by atoms with Crippen molar-refractivity contribution in [2.75, 3.05) is 14.2 Å². The maximum atomic E-state index is 12.0. The molecule has 0 aliphatic carbocycles. The van der Waals surface area contributed by atoms with Gasteiger partial charge in [0.25, 0.3) is 0 Å². The first kappa shape index (κ1) is 15.1. The molecule has 1 fully saturated rings. The minimum atomic E-state index is -0.724. The molecule has 0 spiro atoms. The fourth-order valence-corrected chi connectivity index (χ4v) is 2.66. The van der Waals surface area contributed by atoms with E-state index in [0.717, 1.165) is 16.9 Å². The molecule has 2 aromatic rings. The molecule has 0 radical (unpaired) electrons. The van der Waals surface area contributed by atoms with Gasteiger partial charge in [-0.25, -0.2) is 0 Å². The van der Waals surface area contributed by atoms with E-state index in [9.17, 15) is 4.79 Å². The number of carbonyl (C=O) groups excluding carboxylic acids is 1. The van der Waals surface area contributed by atoms with Crippen molar-refractivity contribution in [2.45, 2.75) is 18.9 Å². The van der Waals surface area contributed by atoms with E-state index in [2.05, 4.69) is 5.32 Å². The van der Waals surface area contributed by atoms with Crippen LogP contribution >= 0.6 is 0 Å². The van der Waals surface area contributed by atoms with Gasteiger partial charge in [-0.15, -0.1) is 0 Å². The normalized spacial score (nSPS) is 21.3. The molecule has 1 aromatic heterocycles. The summed E-state index contributed by atoms with van der Waals surface area (Å²) in [5.74, 6) is 1.35. The number of rotatable bonds is 3. The standard InChI is InChI=1S/C17H19N3O3/c1-17(9-15(21)20(2)16(18)19-17)14-8-12(10-23-14)11-5-4-6-13(7-11)22-3/h4-8,10H,9H2,1-3H3,(H2,18,19)/t17-/m0/s1. The lowest BCUT2D eigenvalue weighted by atomic mass is 9.91. The molecule has 1 aliphatic rings. The second-order valence-corrected chi connectivity index (χ2v) is 5.87. The molecule has 6 nitrogen and oxygen atoms in total. The Hall–Kier alpha value is -2.76. The first-order valence-electron chi connectivity index (χ1n) is 7.30. The monoisotopic (exact) mass is 313 g/mol. The molecule has 2 heterocycles. The molecule has 0 saturated carbocycles. The number of furan rings is 1. The number of hydrogen-bond acceptors (Lipinski definition) is 4. The van der Waals surface area contributed by atoms with E-state index in [1.54, 1.807) is 20.4 Å². The second-order valence-electron chi connectivity index (χ2n) is 5.87. The Kier molecular flexibility index (Phi) is 3.60. The van der Waals surface area contributed by atoms with Crippen LogP contribution in [0.3, 0.4) is 0 Å². The van der Waals surface area contributed by atoms with Gasteiger partial charge in [0.05, 0.1) is 19.8 Å². The molecule has 120 valence electrons. The fourth-order valence-electron chi connectivity index (χ4n) is 2.66. The van der Waals surface area contributed by atoms with Crippen LogP contribution in [0.1, 0.15) is 19.1 Å². The van der Waals surface area contributed by atoms with Crippen LogP contribution in [0.25, 0.3) is 11.1 Å². The molecule has 3 rings (SSSR count). The van der Waals surface area contributed by atoms with Crippen molar-refractivity contribution in [2.24, 2.45) is 0 Å². The number of guanidine groups is 1. The van der Waals surface area contributed by atoms with E-state index in [0.29, 0.717) is 5.76 Å². The Morgan fingerprint density at radius 1 is 1.35 bits per heavy atom. The smallest absolute Gasteiger partial charge is 0.231 e. The Morgan fingerprint density at radius 3 is 2.83 bits per heavy atom. The zero-order valence-electron chi connectivity index (χ0n) is 13.3. The molecule has 0 unspecified atom stereocenters. The van der Waals surface area contributed by atoms with Gasteiger partial charge in [0.2, 0.25) is 5.91 Å². The van der Waals surface area contributed by atoms with E-state index < -0.39 is 5.54 Å². The summed E-state index contributed by atoms with van der Waals surface area (Å²) in [7, 11) is 3.21. The van der Waals surface area contributed by atoms with Crippen LogP contribution in [-0.4, -0.2) is 30.9 Å². The summed E-state index contributed by atoms with van der Waals surface area (Å²) < 4.78 is 10.9. The number of amides is 1. The summed E-state index contributed by atoms with van der Waals surface area (Å²) in [6.07, 6.45) is 1.89. The van der Waals surface area contributed by atoms with E-state index >= 15 is 0 Å². The number of nitrogens with one attached hydrogen (secondary N) is 2. The van der Waals surface area contributed by atoms with Gasteiger partial charge in [-0.2, -0.15) is 0 Å². The van der Waals surface area contributed by atoms with Crippen molar-refractivity contribution < 1.29 is 13.9 Å². The van der Waals surface area contributed by atoms with Gasteiger partial charge < -0.3 is 14.5 Å². The Labute approximate surface area is 134 Å². The van der Waals surface area contributed by atoms with Crippen LogP contribution in [0.15, 0.2) is 41.0 Å². The molecular weight excluding hydrogens is 294 g/mol. The van der Waals surface area contributed by atoms with Crippen LogP contribution in [0.4, 0.5) is 0 Å². The highest BCUT2D eigenvalue weighted by Crippen LogP contribution is 2.33. The topological polar surface area (TPSA) is 78.6 Å². The van der Waals surface area contributed by atoms with E-state index in [-0.39, 0.29) is 18.3 Å². The third-order valence-corrected chi connectivity index (χ3v) is 4.15. The minimum Gasteiger partial charge on any atom is -0.497 e. The number of benzene rings is 1. The quantitative estimate of drug-likeness (QED) is 0.913. The Balaban J connectivity index is 1.92. The van der Waals surface area contributed by atoms with Crippen LogP contribution in [0.5, 0.6) is 5.75 Å². The summed E-state index contributed by atoms with van der Waals surface area (Å²) in [6, 6.07) is 9.58. The molecule has 1 aromatic carbocycles. The van der Waals surface area contributed by atoms with Crippen molar-refractivity contribution in [1.82, 2.24) is 10.2 Å². The van der Waals surface area contributed by atoms with Gasteiger partial charge in [-0.3, -0.25) is 15.1 Å². The fraction of sp³-hybridized carbons (Fsp3) is 0.294. The lowest BCUT2D eigenvalue weighted by Crippen LogP contribution is -2.58.